The third-order valence-electron chi connectivity index (χ3n) is 3.59. The lowest BCUT2D eigenvalue weighted by Gasteiger charge is -2.25. The zero-order valence-corrected chi connectivity index (χ0v) is 13.6. The van der Waals surface area contributed by atoms with E-state index in [1.165, 1.54) is 0 Å². The SMILES string of the molecule is O=C(CN1CCCCC1=O)NCCNC(=O)c1ccc(Cl)cc1. The summed E-state index contributed by atoms with van der Waals surface area (Å²) in [6, 6.07) is 6.57. The van der Waals surface area contributed by atoms with Crippen molar-refractivity contribution < 1.29 is 14.4 Å². The van der Waals surface area contributed by atoms with Gasteiger partial charge in [-0.3, -0.25) is 14.4 Å². The van der Waals surface area contributed by atoms with Gasteiger partial charge in [0, 0.05) is 36.6 Å². The van der Waals surface area contributed by atoms with Gasteiger partial charge in [-0.25, -0.2) is 0 Å². The van der Waals surface area contributed by atoms with Crippen molar-refractivity contribution in [2.24, 2.45) is 0 Å². The third-order valence-corrected chi connectivity index (χ3v) is 3.85. The zero-order chi connectivity index (χ0) is 16.7. The minimum Gasteiger partial charge on any atom is -0.353 e. The Morgan fingerprint density at radius 3 is 2.48 bits per heavy atom. The summed E-state index contributed by atoms with van der Waals surface area (Å²) in [7, 11) is 0. The van der Waals surface area contributed by atoms with Crippen LogP contribution in [0.15, 0.2) is 24.3 Å². The smallest absolute Gasteiger partial charge is 0.251 e. The fraction of sp³-hybridized carbons (Fsp3) is 0.438. The lowest BCUT2D eigenvalue weighted by molar-refractivity contribution is -0.137. The molecule has 0 aliphatic carbocycles. The molecular formula is C16H20ClN3O3. The van der Waals surface area contributed by atoms with E-state index in [1.807, 2.05) is 0 Å². The maximum Gasteiger partial charge on any atom is 0.251 e. The molecule has 1 aliphatic rings. The Bertz CT molecular complexity index is 574. The van der Waals surface area contributed by atoms with Gasteiger partial charge in [0.25, 0.3) is 5.91 Å². The van der Waals surface area contributed by atoms with E-state index in [0.717, 1.165) is 12.8 Å². The van der Waals surface area contributed by atoms with Crippen LogP contribution in [0.2, 0.25) is 5.02 Å². The molecule has 7 heteroatoms. The molecule has 1 aromatic carbocycles. The standard InChI is InChI=1S/C16H20ClN3O3/c17-13-6-4-12(5-7-13)16(23)19-9-8-18-14(21)11-20-10-2-1-3-15(20)22/h4-7H,1-3,8-11H2,(H,18,21)(H,19,23). The third kappa shape index (κ3) is 5.56. The van der Waals surface area contributed by atoms with Crippen LogP contribution in [0.3, 0.4) is 0 Å². The summed E-state index contributed by atoms with van der Waals surface area (Å²) in [5.41, 5.74) is 0.514. The number of likely N-dealkylation sites (tertiary alicyclic amines) is 1. The molecule has 124 valence electrons. The van der Waals surface area contributed by atoms with Crippen LogP contribution in [0, 0.1) is 0 Å². The van der Waals surface area contributed by atoms with E-state index in [1.54, 1.807) is 29.2 Å². The predicted molar refractivity (Wildman–Crippen MR) is 87.2 cm³/mol. The quantitative estimate of drug-likeness (QED) is 0.766. The van der Waals surface area contributed by atoms with Gasteiger partial charge in [0.15, 0.2) is 0 Å². The van der Waals surface area contributed by atoms with Crippen molar-refractivity contribution in [2.45, 2.75) is 19.3 Å². The van der Waals surface area contributed by atoms with Gasteiger partial charge in [0.1, 0.15) is 0 Å². The molecule has 0 unspecified atom stereocenters. The van der Waals surface area contributed by atoms with Crippen LogP contribution < -0.4 is 10.6 Å². The second-order valence-electron chi connectivity index (χ2n) is 5.39. The van der Waals surface area contributed by atoms with Crippen molar-refractivity contribution in [3.8, 4) is 0 Å². The second kappa shape index (κ2) is 8.53. The van der Waals surface area contributed by atoms with Gasteiger partial charge in [-0.1, -0.05) is 11.6 Å². The van der Waals surface area contributed by atoms with Gasteiger partial charge in [0.2, 0.25) is 11.8 Å². The average molecular weight is 338 g/mol. The molecule has 2 N–H and O–H groups in total. The number of carbonyl (C=O) groups is 3. The summed E-state index contributed by atoms with van der Waals surface area (Å²) >= 11 is 5.76. The number of piperidine rings is 1. The molecule has 0 spiro atoms. The van der Waals surface area contributed by atoms with Gasteiger partial charge >= 0.3 is 0 Å². The van der Waals surface area contributed by atoms with Crippen molar-refractivity contribution in [2.75, 3.05) is 26.2 Å². The van der Waals surface area contributed by atoms with Gasteiger partial charge < -0.3 is 15.5 Å². The molecule has 1 saturated heterocycles. The van der Waals surface area contributed by atoms with Crippen molar-refractivity contribution in [3.63, 3.8) is 0 Å². The van der Waals surface area contributed by atoms with Crippen LogP contribution in [0.5, 0.6) is 0 Å². The summed E-state index contributed by atoms with van der Waals surface area (Å²) in [4.78, 5) is 36.8. The van der Waals surface area contributed by atoms with Crippen molar-refractivity contribution >= 4 is 29.3 Å². The Labute approximate surface area is 140 Å². The molecular weight excluding hydrogens is 318 g/mol. The van der Waals surface area contributed by atoms with Crippen molar-refractivity contribution in [1.29, 1.82) is 0 Å². The molecule has 23 heavy (non-hydrogen) atoms. The average Bonchev–Trinajstić information content (AvgIpc) is 2.54. The van der Waals surface area contributed by atoms with Gasteiger partial charge in [-0.05, 0) is 37.1 Å². The highest BCUT2D eigenvalue weighted by atomic mass is 35.5. The number of halogens is 1. The number of carbonyl (C=O) groups excluding carboxylic acids is 3. The molecule has 1 fully saturated rings. The Morgan fingerprint density at radius 2 is 1.78 bits per heavy atom. The van der Waals surface area contributed by atoms with E-state index >= 15 is 0 Å². The highest BCUT2D eigenvalue weighted by Crippen LogP contribution is 2.10. The van der Waals surface area contributed by atoms with Gasteiger partial charge in [0.05, 0.1) is 6.54 Å². The van der Waals surface area contributed by atoms with E-state index in [0.29, 0.717) is 36.6 Å². The molecule has 2 rings (SSSR count). The summed E-state index contributed by atoms with van der Waals surface area (Å²) in [6.45, 7) is 1.37. The Kier molecular flexibility index (Phi) is 6.40. The highest BCUT2D eigenvalue weighted by molar-refractivity contribution is 6.30. The molecule has 1 aliphatic heterocycles. The molecule has 0 saturated carbocycles. The van der Waals surface area contributed by atoms with Crippen LogP contribution in [0.25, 0.3) is 0 Å². The monoisotopic (exact) mass is 337 g/mol. The lowest BCUT2D eigenvalue weighted by Crippen LogP contribution is -2.44. The number of nitrogens with zero attached hydrogens (tertiary/aromatic N) is 1. The summed E-state index contributed by atoms with van der Waals surface area (Å²) in [5.74, 6) is -0.398. The predicted octanol–water partition coefficient (Wildman–Crippen LogP) is 1.20. The topological polar surface area (TPSA) is 78.5 Å². The molecule has 0 bridgehead atoms. The van der Waals surface area contributed by atoms with E-state index in [2.05, 4.69) is 10.6 Å². The maximum absolute atomic E-state index is 11.8. The van der Waals surface area contributed by atoms with Crippen LogP contribution >= 0.6 is 11.6 Å². The fourth-order valence-corrected chi connectivity index (χ4v) is 2.47. The molecule has 3 amide bonds. The molecule has 1 aromatic rings. The Balaban J connectivity index is 1.64. The first-order valence-corrected chi connectivity index (χ1v) is 8.02. The Morgan fingerprint density at radius 1 is 1.09 bits per heavy atom. The molecule has 1 heterocycles. The largest absolute Gasteiger partial charge is 0.353 e. The number of rotatable bonds is 6. The summed E-state index contributed by atoms with van der Waals surface area (Å²) in [6.07, 6.45) is 2.36. The number of hydrogen-bond acceptors (Lipinski definition) is 3. The van der Waals surface area contributed by atoms with E-state index in [4.69, 9.17) is 11.6 Å². The van der Waals surface area contributed by atoms with Crippen LogP contribution in [-0.4, -0.2) is 48.8 Å². The molecule has 0 atom stereocenters. The molecule has 0 radical (unpaired) electrons. The van der Waals surface area contributed by atoms with E-state index in [9.17, 15) is 14.4 Å². The number of nitrogens with one attached hydrogen (secondary N) is 2. The Hall–Kier alpha value is -2.08. The first-order chi connectivity index (χ1) is 11.1. The maximum atomic E-state index is 11.8. The van der Waals surface area contributed by atoms with Crippen LogP contribution in [0.4, 0.5) is 0 Å². The number of benzene rings is 1. The second-order valence-corrected chi connectivity index (χ2v) is 5.82. The number of amides is 3. The fourth-order valence-electron chi connectivity index (χ4n) is 2.34. The molecule has 0 aromatic heterocycles. The van der Waals surface area contributed by atoms with E-state index < -0.39 is 0 Å². The van der Waals surface area contributed by atoms with Crippen molar-refractivity contribution in [1.82, 2.24) is 15.5 Å². The first-order valence-electron chi connectivity index (χ1n) is 7.64. The van der Waals surface area contributed by atoms with Crippen LogP contribution in [0.1, 0.15) is 29.6 Å². The lowest BCUT2D eigenvalue weighted by atomic mass is 10.1. The highest BCUT2D eigenvalue weighted by Gasteiger charge is 2.20. The first kappa shape index (κ1) is 17.3. The summed E-state index contributed by atoms with van der Waals surface area (Å²) in [5, 5.41) is 5.98. The van der Waals surface area contributed by atoms with Gasteiger partial charge in [-0.15, -0.1) is 0 Å². The number of hydrogen-bond donors (Lipinski definition) is 2. The minimum atomic E-state index is -0.220. The van der Waals surface area contributed by atoms with E-state index in [-0.39, 0.29) is 24.3 Å². The van der Waals surface area contributed by atoms with Gasteiger partial charge in [-0.2, -0.15) is 0 Å². The van der Waals surface area contributed by atoms with Crippen LogP contribution in [-0.2, 0) is 9.59 Å². The normalized spacial score (nSPS) is 14.5. The van der Waals surface area contributed by atoms with Crippen molar-refractivity contribution in [3.05, 3.63) is 34.9 Å². The zero-order valence-electron chi connectivity index (χ0n) is 12.8. The summed E-state index contributed by atoms with van der Waals surface area (Å²) < 4.78 is 0. The minimum absolute atomic E-state index is 0.0300. The molecule has 6 nitrogen and oxygen atoms in total.